The minimum absolute atomic E-state index is 0.0468. The molecule has 7 heteroatoms. The molecular formula is C14H16N4O3. The van der Waals surface area contributed by atoms with Gasteiger partial charge in [-0.25, -0.2) is 4.79 Å². The van der Waals surface area contributed by atoms with E-state index in [4.69, 9.17) is 5.11 Å². The maximum Gasteiger partial charge on any atom is 0.335 e. The van der Waals surface area contributed by atoms with Crippen LogP contribution in [0.3, 0.4) is 0 Å². The summed E-state index contributed by atoms with van der Waals surface area (Å²) in [5, 5.41) is 15.7. The predicted molar refractivity (Wildman–Crippen MR) is 75.1 cm³/mol. The summed E-state index contributed by atoms with van der Waals surface area (Å²) in [5.74, 6) is -1.45. The molecule has 0 aliphatic carbocycles. The zero-order chi connectivity index (χ0) is 15.2. The second-order valence-corrected chi connectivity index (χ2v) is 4.62. The molecule has 21 heavy (non-hydrogen) atoms. The van der Waals surface area contributed by atoms with Gasteiger partial charge in [0.05, 0.1) is 11.8 Å². The number of hydrogen-bond acceptors (Lipinski definition) is 4. The van der Waals surface area contributed by atoms with Crippen LogP contribution in [0.1, 0.15) is 32.8 Å². The largest absolute Gasteiger partial charge is 0.478 e. The third-order valence-electron chi connectivity index (χ3n) is 2.93. The molecule has 0 aromatic carbocycles. The second kappa shape index (κ2) is 6.65. The Morgan fingerprint density at radius 3 is 2.90 bits per heavy atom. The van der Waals surface area contributed by atoms with E-state index in [1.165, 1.54) is 18.3 Å². The molecule has 7 nitrogen and oxygen atoms in total. The zero-order valence-electron chi connectivity index (χ0n) is 11.6. The van der Waals surface area contributed by atoms with Crippen LogP contribution < -0.4 is 5.32 Å². The van der Waals surface area contributed by atoms with E-state index in [1.54, 1.807) is 10.9 Å². The summed E-state index contributed by atoms with van der Waals surface area (Å²) in [4.78, 5) is 26.6. The van der Waals surface area contributed by atoms with Gasteiger partial charge in [0.2, 0.25) is 0 Å². The summed E-state index contributed by atoms with van der Waals surface area (Å²) >= 11 is 0. The highest BCUT2D eigenvalue weighted by Gasteiger charge is 2.10. The number of aromatic nitrogens is 3. The van der Waals surface area contributed by atoms with Crippen LogP contribution in [-0.4, -0.2) is 38.3 Å². The average Bonchev–Trinajstić information content (AvgIpc) is 2.89. The molecule has 0 spiro atoms. The summed E-state index contributed by atoms with van der Waals surface area (Å²) in [6.45, 7) is 0.493. The number of carboxylic acid groups (broad SMARTS) is 1. The molecule has 0 atom stereocenters. The van der Waals surface area contributed by atoms with E-state index < -0.39 is 5.97 Å². The van der Waals surface area contributed by atoms with Gasteiger partial charge in [-0.15, -0.1) is 0 Å². The molecule has 2 aromatic heterocycles. The zero-order valence-corrected chi connectivity index (χ0v) is 11.6. The average molecular weight is 288 g/mol. The number of nitrogens with zero attached hydrogens (tertiary/aromatic N) is 3. The summed E-state index contributed by atoms with van der Waals surface area (Å²) in [7, 11) is 1.85. The number of amides is 1. The number of rotatable bonds is 6. The first kappa shape index (κ1) is 14.7. The van der Waals surface area contributed by atoms with Crippen molar-refractivity contribution in [3.8, 4) is 0 Å². The van der Waals surface area contributed by atoms with Crippen molar-refractivity contribution in [1.29, 1.82) is 0 Å². The van der Waals surface area contributed by atoms with Gasteiger partial charge in [0.25, 0.3) is 5.91 Å². The lowest BCUT2D eigenvalue weighted by molar-refractivity contribution is 0.0696. The van der Waals surface area contributed by atoms with Crippen LogP contribution in [0.15, 0.2) is 30.7 Å². The Labute approximate surface area is 121 Å². The van der Waals surface area contributed by atoms with E-state index in [0.29, 0.717) is 6.54 Å². The topological polar surface area (TPSA) is 97.1 Å². The third kappa shape index (κ3) is 4.13. The number of carbonyl (C=O) groups is 2. The fraction of sp³-hybridized carbons (Fsp3) is 0.286. The van der Waals surface area contributed by atoms with Crippen LogP contribution in [0.25, 0.3) is 0 Å². The van der Waals surface area contributed by atoms with Crippen molar-refractivity contribution in [3.63, 3.8) is 0 Å². The number of pyridine rings is 1. The van der Waals surface area contributed by atoms with Gasteiger partial charge in [-0.3, -0.25) is 14.5 Å². The molecule has 2 N–H and O–H groups in total. The minimum Gasteiger partial charge on any atom is -0.478 e. The molecule has 0 radical (unpaired) electrons. The SMILES string of the molecule is Cn1cc(CCCNC(=O)c2cc(C(=O)O)ccn2)cn1. The third-order valence-corrected chi connectivity index (χ3v) is 2.93. The molecule has 2 rings (SSSR count). The minimum atomic E-state index is -1.08. The number of aryl methyl sites for hydroxylation is 2. The van der Waals surface area contributed by atoms with Gasteiger partial charge in [0.15, 0.2) is 0 Å². The number of hydrogen-bond donors (Lipinski definition) is 2. The number of aromatic carboxylic acids is 1. The maximum atomic E-state index is 11.9. The quantitative estimate of drug-likeness (QED) is 0.769. The normalized spacial score (nSPS) is 10.3. The van der Waals surface area contributed by atoms with Crippen LogP contribution in [0.5, 0.6) is 0 Å². The Morgan fingerprint density at radius 2 is 2.24 bits per heavy atom. The highest BCUT2D eigenvalue weighted by Crippen LogP contribution is 2.03. The molecule has 0 aliphatic rings. The van der Waals surface area contributed by atoms with Gasteiger partial charge in [0, 0.05) is 26.0 Å². The van der Waals surface area contributed by atoms with Crippen molar-refractivity contribution >= 4 is 11.9 Å². The molecule has 2 heterocycles. The van der Waals surface area contributed by atoms with Crippen LogP contribution in [0, 0.1) is 0 Å². The molecule has 0 bridgehead atoms. The number of carbonyl (C=O) groups excluding carboxylic acids is 1. The van der Waals surface area contributed by atoms with Crippen molar-refractivity contribution < 1.29 is 14.7 Å². The second-order valence-electron chi connectivity index (χ2n) is 4.62. The van der Waals surface area contributed by atoms with Crippen molar-refractivity contribution in [2.75, 3.05) is 6.54 Å². The van der Waals surface area contributed by atoms with E-state index in [9.17, 15) is 9.59 Å². The molecule has 0 unspecified atom stereocenters. The van der Waals surface area contributed by atoms with Gasteiger partial charge in [-0.05, 0) is 30.5 Å². The Balaban J connectivity index is 1.81. The van der Waals surface area contributed by atoms with E-state index in [1.807, 2.05) is 13.2 Å². The molecular weight excluding hydrogens is 272 g/mol. The van der Waals surface area contributed by atoms with Gasteiger partial charge in [0.1, 0.15) is 5.69 Å². The molecule has 0 fully saturated rings. The summed E-state index contributed by atoms with van der Waals surface area (Å²) in [5.41, 5.74) is 1.26. The fourth-order valence-corrected chi connectivity index (χ4v) is 1.87. The van der Waals surface area contributed by atoms with Crippen LogP contribution in [0.4, 0.5) is 0 Å². The molecule has 0 aliphatic heterocycles. The number of carboxylic acids is 1. The van der Waals surface area contributed by atoms with Crippen LogP contribution in [-0.2, 0) is 13.5 Å². The Kier molecular flexibility index (Phi) is 4.65. The Morgan fingerprint density at radius 1 is 1.43 bits per heavy atom. The van der Waals surface area contributed by atoms with Gasteiger partial charge >= 0.3 is 5.97 Å². The smallest absolute Gasteiger partial charge is 0.335 e. The van der Waals surface area contributed by atoms with Crippen LogP contribution >= 0.6 is 0 Å². The first-order chi connectivity index (χ1) is 10.1. The Bertz CT molecular complexity index is 651. The van der Waals surface area contributed by atoms with Crippen molar-refractivity contribution in [3.05, 3.63) is 47.5 Å². The van der Waals surface area contributed by atoms with Crippen LogP contribution in [0.2, 0.25) is 0 Å². The number of nitrogens with one attached hydrogen (secondary N) is 1. The standard InChI is InChI=1S/C14H16N4O3/c1-18-9-10(8-17-18)3-2-5-16-13(19)12-7-11(14(20)21)4-6-15-12/h4,6-9H,2-3,5H2,1H3,(H,16,19)(H,20,21). The lowest BCUT2D eigenvalue weighted by atomic mass is 10.2. The molecule has 0 saturated carbocycles. The lowest BCUT2D eigenvalue weighted by Crippen LogP contribution is -2.25. The van der Waals surface area contributed by atoms with E-state index in [2.05, 4.69) is 15.4 Å². The van der Waals surface area contributed by atoms with Crippen molar-refractivity contribution in [2.45, 2.75) is 12.8 Å². The summed E-state index contributed by atoms with van der Waals surface area (Å²) in [6.07, 6.45) is 6.63. The first-order valence-electron chi connectivity index (χ1n) is 6.51. The van der Waals surface area contributed by atoms with Gasteiger partial charge in [-0.2, -0.15) is 5.10 Å². The maximum absolute atomic E-state index is 11.9. The Hall–Kier alpha value is -2.70. The lowest BCUT2D eigenvalue weighted by Gasteiger charge is -2.04. The summed E-state index contributed by atoms with van der Waals surface area (Å²) < 4.78 is 1.73. The highest BCUT2D eigenvalue weighted by molar-refractivity contribution is 5.95. The van der Waals surface area contributed by atoms with E-state index in [0.717, 1.165) is 18.4 Å². The molecule has 0 saturated heterocycles. The monoisotopic (exact) mass is 288 g/mol. The van der Waals surface area contributed by atoms with Crippen molar-refractivity contribution in [2.24, 2.45) is 7.05 Å². The summed E-state index contributed by atoms with van der Waals surface area (Å²) in [6, 6.07) is 2.61. The van der Waals surface area contributed by atoms with Gasteiger partial charge in [-0.1, -0.05) is 0 Å². The predicted octanol–water partition coefficient (Wildman–Crippen LogP) is 0.876. The fourth-order valence-electron chi connectivity index (χ4n) is 1.87. The van der Waals surface area contributed by atoms with E-state index in [-0.39, 0.29) is 17.2 Å². The van der Waals surface area contributed by atoms with Crippen molar-refractivity contribution in [1.82, 2.24) is 20.1 Å². The molecule has 2 aromatic rings. The van der Waals surface area contributed by atoms with E-state index >= 15 is 0 Å². The highest BCUT2D eigenvalue weighted by atomic mass is 16.4. The first-order valence-corrected chi connectivity index (χ1v) is 6.51. The van der Waals surface area contributed by atoms with Gasteiger partial charge < -0.3 is 10.4 Å². The molecule has 110 valence electrons. The molecule has 1 amide bonds.